The molecule has 2 N–H and O–H groups in total. The summed E-state index contributed by atoms with van der Waals surface area (Å²) in [7, 11) is 0. The Kier molecular flexibility index (Phi) is 3.93. The van der Waals surface area contributed by atoms with E-state index < -0.39 is 0 Å². The van der Waals surface area contributed by atoms with E-state index in [0.29, 0.717) is 10.8 Å². The standard InChI is InChI=1S/C21H35NO/c1-4-22-19-8-7-17-16-6-5-14-13-15(23)9-11-20(14,2)18(16)10-12-21(17,19)3/h5,15-19,22-23H,4,6-13H2,1-3H3/t15-,16-,17-,18-,19+,20-,21-/m0/s1. The lowest BCUT2D eigenvalue weighted by atomic mass is 9.48. The van der Waals surface area contributed by atoms with E-state index in [2.05, 4.69) is 32.2 Å². The molecule has 0 unspecified atom stereocenters. The number of allylic oxidation sites excluding steroid dienone is 1. The molecule has 0 aliphatic heterocycles. The summed E-state index contributed by atoms with van der Waals surface area (Å²) in [5.41, 5.74) is 2.51. The molecule has 4 aliphatic rings. The highest BCUT2D eigenvalue weighted by atomic mass is 16.3. The predicted molar refractivity (Wildman–Crippen MR) is 95.2 cm³/mol. The highest BCUT2D eigenvalue weighted by molar-refractivity contribution is 5.25. The molecule has 0 radical (unpaired) electrons. The minimum Gasteiger partial charge on any atom is -0.393 e. The average Bonchev–Trinajstić information content (AvgIpc) is 2.85. The second-order valence-electron chi connectivity index (χ2n) is 9.39. The topological polar surface area (TPSA) is 32.3 Å². The SMILES string of the molecule is CCN[C@@H]1CC[C@H]2[C@@H]3CC=C4C[C@@H](O)CC[C@]4(C)[C@H]3CC[C@]12C. The average molecular weight is 318 g/mol. The largest absolute Gasteiger partial charge is 0.393 e. The van der Waals surface area contributed by atoms with E-state index in [9.17, 15) is 5.11 Å². The van der Waals surface area contributed by atoms with Crippen molar-refractivity contribution in [3.63, 3.8) is 0 Å². The third kappa shape index (κ3) is 2.28. The van der Waals surface area contributed by atoms with E-state index in [1.54, 1.807) is 5.57 Å². The van der Waals surface area contributed by atoms with Crippen LogP contribution in [0.5, 0.6) is 0 Å². The van der Waals surface area contributed by atoms with Gasteiger partial charge in [-0.25, -0.2) is 0 Å². The first-order valence-corrected chi connectivity index (χ1v) is 10.1. The lowest BCUT2D eigenvalue weighted by Crippen LogP contribution is -2.53. The summed E-state index contributed by atoms with van der Waals surface area (Å²) < 4.78 is 0. The van der Waals surface area contributed by atoms with Crippen molar-refractivity contribution in [2.45, 2.75) is 84.3 Å². The molecule has 2 heteroatoms. The zero-order valence-corrected chi connectivity index (χ0v) is 15.3. The van der Waals surface area contributed by atoms with Crippen LogP contribution in [0.2, 0.25) is 0 Å². The van der Waals surface area contributed by atoms with Crippen LogP contribution in [-0.2, 0) is 0 Å². The summed E-state index contributed by atoms with van der Waals surface area (Å²) in [4.78, 5) is 0. The molecule has 0 spiro atoms. The zero-order chi connectivity index (χ0) is 16.2. The van der Waals surface area contributed by atoms with Gasteiger partial charge >= 0.3 is 0 Å². The molecule has 7 atom stereocenters. The zero-order valence-electron chi connectivity index (χ0n) is 15.3. The van der Waals surface area contributed by atoms with Gasteiger partial charge < -0.3 is 10.4 Å². The van der Waals surface area contributed by atoms with Crippen LogP contribution in [0.15, 0.2) is 11.6 Å². The minimum atomic E-state index is -0.0793. The number of aliphatic hydroxyl groups is 1. The molecule has 0 heterocycles. The first-order chi connectivity index (χ1) is 11.0. The van der Waals surface area contributed by atoms with Crippen LogP contribution in [0.4, 0.5) is 0 Å². The van der Waals surface area contributed by atoms with Gasteiger partial charge in [-0.15, -0.1) is 0 Å². The van der Waals surface area contributed by atoms with Crippen LogP contribution in [0, 0.1) is 28.6 Å². The van der Waals surface area contributed by atoms with Gasteiger partial charge in [0.05, 0.1) is 6.10 Å². The van der Waals surface area contributed by atoms with E-state index in [1.807, 2.05) is 0 Å². The summed E-state index contributed by atoms with van der Waals surface area (Å²) in [6.45, 7) is 8.48. The Bertz CT molecular complexity index is 500. The molecule has 0 aromatic heterocycles. The highest BCUT2D eigenvalue weighted by Crippen LogP contribution is 2.64. The van der Waals surface area contributed by atoms with Gasteiger partial charge in [0, 0.05) is 6.04 Å². The van der Waals surface area contributed by atoms with Gasteiger partial charge in [-0.2, -0.15) is 0 Å². The number of rotatable bonds is 2. The van der Waals surface area contributed by atoms with E-state index in [4.69, 9.17) is 0 Å². The summed E-state index contributed by atoms with van der Waals surface area (Å²) in [5, 5.41) is 13.9. The normalized spacial score (nSPS) is 52.3. The summed E-state index contributed by atoms with van der Waals surface area (Å²) in [6, 6.07) is 0.741. The lowest BCUT2D eigenvalue weighted by Gasteiger charge is -2.58. The summed E-state index contributed by atoms with van der Waals surface area (Å²) >= 11 is 0. The molecular formula is C21H35NO. The Balaban J connectivity index is 1.62. The van der Waals surface area contributed by atoms with Crippen molar-refractivity contribution in [1.82, 2.24) is 5.32 Å². The monoisotopic (exact) mass is 317 g/mol. The summed E-state index contributed by atoms with van der Waals surface area (Å²) in [5.74, 6) is 2.67. The second kappa shape index (κ2) is 5.59. The Morgan fingerprint density at radius 3 is 2.74 bits per heavy atom. The maximum atomic E-state index is 10.1. The number of aliphatic hydroxyl groups excluding tert-OH is 1. The predicted octanol–water partition coefficient (Wildman–Crippen LogP) is 4.29. The maximum Gasteiger partial charge on any atom is 0.0577 e. The molecular weight excluding hydrogens is 282 g/mol. The first-order valence-electron chi connectivity index (χ1n) is 10.1. The van der Waals surface area contributed by atoms with Crippen LogP contribution in [-0.4, -0.2) is 23.8 Å². The van der Waals surface area contributed by atoms with Gasteiger partial charge in [-0.05, 0) is 86.5 Å². The molecule has 3 saturated carbocycles. The number of fused-ring (bicyclic) bond motifs is 5. The van der Waals surface area contributed by atoms with Crippen molar-refractivity contribution in [3.05, 3.63) is 11.6 Å². The fourth-order valence-electron chi connectivity index (χ4n) is 7.22. The third-order valence-electron chi connectivity index (χ3n) is 8.53. The van der Waals surface area contributed by atoms with Crippen molar-refractivity contribution in [2.75, 3.05) is 6.54 Å². The number of hydrogen-bond acceptors (Lipinski definition) is 2. The van der Waals surface area contributed by atoms with E-state index in [1.165, 1.54) is 38.5 Å². The minimum absolute atomic E-state index is 0.0793. The lowest BCUT2D eigenvalue weighted by molar-refractivity contribution is -0.0431. The van der Waals surface area contributed by atoms with Gasteiger partial charge in [0.25, 0.3) is 0 Å². The molecule has 2 nitrogen and oxygen atoms in total. The fourth-order valence-corrected chi connectivity index (χ4v) is 7.22. The van der Waals surface area contributed by atoms with Crippen LogP contribution >= 0.6 is 0 Å². The third-order valence-corrected chi connectivity index (χ3v) is 8.53. The van der Waals surface area contributed by atoms with Gasteiger partial charge in [0.2, 0.25) is 0 Å². The molecule has 0 aromatic carbocycles. The van der Waals surface area contributed by atoms with Gasteiger partial charge in [0.15, 0.2) is 0 Å². The van der Waals surface area contributed by atoms with Crippen LogP contribution in [0.25, 0.3) is 0 Å². The summed E-state index contributed by atoms with van der Waals surface area (Å²) in [6.07, 6.45) is 12.5. The number of hydrogen-bond donors (Lipinski definition) is 2. The molecule has 130 valence electrons. The molecule has 0 aromatic rings. The van der Waals surface area contributed by atoms with Gasteiger partial charge in [-0.1, -0.05) is 32.4 Å². The maximum absolute atomic E-state index is 10.1. The second-order valence-corrected chi connectivity index (χ2v) is 9.39. The quantitative estimate of drug-likeness (QED) is 0.745. The highest BCUT2D eigenvalue weighted by Gasteiger charge is 2.58. The van der Waals surface area contributed by atoms with Crippen molar-refractivity contribution in [1.29, 1.82) is 0 Å². The van der Waals surface area contributed by atoms with Crippen LogP contribution in [0.3, 0.4) is 0 Å². The fraction of sp³-hybridized carbons (Fsp3) is 0.905. The van der Waals surface area contributed by atoms with Gasteiger partial charge in [-0.3, -0.25) is 0 Å². The Hall–Kier alpha value is -0.340. The molecule has 4 rings (SSSR count). The Morgan fingerprint density at radius 2 is 1.96 bits per heavy atom. The first kappa shape index (κ1) is 16.1. The molecule has 3 fully saturated rings. The Labute approximate surface area is 142 Å². The van der Waals surface area contributed by atoms with Gasteiger partial charge in [0.1, 0.15) is 0 Å². The Morgan fingerprint density at radius 1 is 1.13 bits per heavy atom. The van der Waals surface area contributed by atoms with Crippen LogP contribution in [0.1, 0.15) is 72.1 Å². The van der Waals surface area contributed by atoms with Crippen molar-refractivity contribution in [3.8, 4) is 0 Å². The van der Waals surface area contributed by atoms with Crippen LogP contribution < -0.4 is 5.32 Å². The molecule has 23 heavy (non-hydrogen) atoms. The van der Waals surface area contributed by atoms with Crippen molar-refractivity contribution < 1.29 is 5.11 Å². The van der Waals surface area contributed by atoms with E-state index in [0.717, 1.165) is 43.2 Å². The van der Waals surface area contributed by atoms with E-state index in [-0.39, 0.29) is 6.10 Å². The number of nitrogens with one attached hydrogen (secondary N) is 1. The molecule has 0 amide bonds. The smallest absolute Gasteiger partial charge is 0.0577 e. The van der Waals surface area contributed by atoms with E-state index >= 15 is 0 Å². The molecule has 0 saturated heterocycles. The molecule has 4 aliphatic carbocycles. The van der Waals surface area contributed by atoms with Crippen molar-refractivity contribution in [2.24, 2.45) is 28.6 Å². The molecule has 0 bridgehead atoms. The van der Waals surface area contributed by atoms with Crippen molar-refractivity contribution >= 4 is 0 Å².